The Hall–Kier alpha value is -2.48. The number of primary amides is 1. The van der Waals surface area contributed by atoms with Gasteiger partial charge in [0.2, 0.25) is 17.0 Å². The van der Waals surface area contributed by atoms with Crippen LogP contribution in [0, 0.1) is 0 Å². The lowest BCUT2D eigenvalue weighted by molar-refractivity contribution is -0.115. The van der Waals surface area contributed by atoms with Crippen LogP contribution in [0.2, 0.25) is 0 Å². The second kappa shape index (κ2) is 7.82. The Balaban J connectivity index is 2.04. The third-order valence-electron chi connectivity index (χ3n) is 4.04. The first-order valence-corrected chi connectivity index (χ1v) is 9.63. The fourth-order valence-electron chi connectivity index (χ4n) is 2.93. The van der Waals surface area contributed by atoms with Crippen LogP contribution >= 0.6 is 11.8 Å². The van der Waals surface area contributed by atoms with E-state index < -0.39 is 11.9 Å². The number of fused-ring (bicyclic) bond motifs is 1. The van der Waals surface area contributed by atoms with Gasteiger partial charge in [0, 0.05) is 11.4 Å². The van der Waals surface area contributed by atoms with E-state index in [0.717, 1.165) is 23.5 Å². The molecular weight excluding hydrogens is 350 g/mol. The van der Waals surface area contributed by atoms with E-state index >= 15 is 0 Å². The highest BCUT2D eigenvalue weighted by molar-refractivity contribution is 7.99. The average molecular weight is 373 g/mol. The Bertz CT molecular complexity index is 829. The van der Waals surface area contributed by atoms with E-state index in [2.05, 4.69) is 22.3 Å². The molecular formula is C18H23N5O2S. The molecule has 0 bridgehead atoms. The van der Waals surface area contributed by atoms with Gasteiger partial charge in [0.05, 0.1) is 12.2 Å². The van der Waals surface area contributed by atoms with Crippen LogP contribution in [-0.2, 0) is 4.79 Å². The lowest BCUT2D eigenvalue weighted by Gasteiger charge is -2.27. The standard InChI is InChI=1S/C18H23N5O2S/c1-4-10-26-18-21-17-20-11(3)14(16(19)24)15(23(17)22-18)12-6-8-13(9-7-12)25-5-2/h6-9,15H,4-5,10H2,1-3H3,(H2,19,24)(H,20,21,22). The monoisotopic (exact) mass is 373 g/mol. The smallest absolute Gasteiger partial charge is 0.248 e. The summed E-state index contributed by atoms with van der Waals surface area (Å²) in [6, 6.07) is 7.22. The van der Waals surface area contributed by atoms with E-state index in [1.165, 1.54) is 0 Å². The summed E-state index contributed by atoms with van der Waals surface area (Å²) in [6.07, 6.45) is 1.04. The number of thioether (sulfide) groups is 1. The van der Waals surface area contributed by atoms with Gasteiger partial charge in [0.1, 0.15) is 11.8 Å². The number of aromatic nitrogens is 3. The number of hydrogen-bond donors (Lipinski definition) is 2. The molecule has 0 saturated heterocycles. The van der Waals surface area contributed by atoms with Crippen molar-refractivity contribution in [3.8, 4) is 5.75 Å². The van der Waals surface area contributed by atoms with Crippen molar-refractivity contribution < 1.29 is 9.53 Å². The van der Waals surface area contributed by atoms with Crippen LogP contribution in [-0.4, -0.2) is 33.0 Å². The van der Waals surface area contributed by atoms with Gasteiger partial charge in [-0.15, -0.1) is 5.10 Å². The number of hydrogen-bond acceptors (Lipinski definition) is 6. The van der Waals surface area contributed by atoms with Crippen molar-refractivity contribution in [2.75, 3.05) is 17.7 Å². The van der Waals surface area contributed by atoms with Gasteiger partial charge in [-0.1, -0.05) is 30.8 Å². The SMILES string of the molecule is CCCSc1nc2n(n1)C(c1ccc(OCC)cc1)C(C(N)=O)=C(C)N2. The van der Waals surface area contributed by atoms with E-state index in [4.69, 9.17) is 10.5 Å². The topological polar surface area (TPSA) is 95.1 Å². The maximum absolute atomic E-state index is 12.1. The second-order valence-electron chi connectivity index (χ2n) is 5.94. The molecule has 1 atom stereocenters. The molecule has 7 nitrogen and oxygen atoms in total. The minimum Gasteiger partial charge on any atom is -0.494 e. The number of rotatable bonds is 7. The Morgan fingerprint density at radius 1 is 1.35 bits per heavy atom. The van der Waals surface area contributed by atoms with E-state index in [1.807, 2.05) is 38.1 Å². The Labute approximate surface area is 157 Å². The fourth-order valence-corrected chi connectivity index (χ4v) is 3.61. The first-order valence-electron chi connectivity index (χ1n) is 8.64. The highest BCUT2D eigenvalue weighted by Gasteiger charge is 2.33. The zero-order valence-electron chi connectivity index (χ0n) is 15.2. The van der Waals surface area contributed by atoms with Crippen LogP contribution < -0.4 is 15.8 Å². The van der Waals surface area contributed by atoms with Gasteiger partial charge in [-0.2, -0.15) is 4.98 Å². The van der Waals surface area contributed by atoms with Crippen molar-refractivity contribution in [2.45, 2.75) is 38.4 Å². The summed E-state index contributed by atoms with van der Waals surface area (Å²) >= 11 is 1.59. The molecule has 26 heavy (non-hydrogen) atoms. The highest BCUT2D eigenvalue weighted by atomic mass is 32.2. The molecule has 1 aliphatic rings. The van der Waals surface area contributed by atoms with Gasteiger partial charge in [0.15, 0.2) is 0 Å². The van der Waals surface area contributed by atoms with Gasteiger partial charge in [-0.3, -0.25) is 4.79 Å². The number of anilines is 1. The molecule has 0 spiro atoms. The number of nitrogens with two attached hydrogens (primary N) is 1. The van der Waals surface area contributed by atoms with Gasteiger partial charge in [-0.05, 0) is 38.0 Å². The third kappa shape index (κ3) is 3.55. The largest absolute Gasteiger partial charge is 0.494 e. The summed E-state index contributed by atoms with van der Waals surface area (Å²) in [5.74, 6) is 1.86. The molecule has 0 aliphatic carbocycles. The molecule has 3 N–H and O–H groups in total. The fraction of sp³-hybridized carbons (Fsp3) is 0.389. The van der Waals surface area contributed by atoms with Crippen molar-refractivity contribution in [3.05, 3.63) is 41.1 Å². The van der Waals surface area contributed by atoms with Gasteiger partial charge in [-0.25, -0.2) is 4.68 Å². The number of carbonyl (C=O) groups is 1. The first-order chi connectivity index (χ1) is 12.5. The average Bonchev–Trinajstić information content (AvgIpc) is 3.02. The third-order valence-corrected chi connectivity index (χ3v) is 5.08. The van der Waals surface area contributed by atoms with Crippen LogP contribution in [0.15, 0.2) is 40.7 Å². The molecule has 0 fully saturated rings. The summed E-state index contributed by atoms with van der Waals surface area (Å²) in [5.41, 5.74) is 7.77. The summed E-state index contributed by atoms with van der Waals surface area (Å²) in [6.45, 7) is 6.48. The van der Waals surface area contributed by atoms with Crippen LogP contribution in [0.5, 0.6) is 5.75 Å². The van der Waals surface area contributed by atoms with Crippen LogP contribution in [0.4, 0.5) is 5.95 Å². The van der Waals surface area contributed by atoms with Crippen molar-refractivity contribution in [1.29, 1.82) is 0 Å². The van der Waals surface area contributed by atoms with Gasteiger partial charge in [0.25, 0.3) is 0 Å². The molecule has 3 rings (SSSR count). The molecule has 138 valence electrons. The number of benzene rings is 1. The molecule has 2 aromatic rings. The minimum absolute atomic E-state index is 0.414. The number of amides is 1. The normalized spacial score (nSPS) is 16.2. The summed E-state index contributed by atoms with van der Waals surface area (Å²) in [5, 5.41) is 8.44. The van der Waals surface area contributed by atoms with Crippen molar-refractivity contribution in [3.63, 3.8) is 0 Å². The molecule has 1 amide bonds. The van der Waals surface area contributed by atoms with Crippen molar-refractivity contribution in [1.82, 2.24) is 14.8 Å². The van der Waals surface area contributed by atoms with Crippen LogP contribution in [0.3, 0.4) is 0 Å². The zero-order chi connectivity index (χ0) is 18.7. The molecule has 8 heteroatoms. The number of carbonyl (C=O) groups excluding carboxylic acids is 1. The Morgan fingerprint density at radius 3 is 2.69 bits per heavy atom. The molecule has 0 radical (unpaired) electrons. The van der Waals surface area contributed by atoms with E-state index in [9.17, 15) is 4.79 Å². The molecule has 1 aromatic heterocycles. The predicted octanol–water partition coefficient (Wildman–Crippen LogP) is 2.95. The van der Waals surface area contributed by atoms with Gasteiger partial charge < -0.3 is 15.8 Å². The quantitative estimate of drug-likeness (QED) is 0.725. The predicted molar refractivity (Wildman–Crippen MR) is 102 cm³/mol. The molecule has 1 aliphatic heterocycles. The number of nitrogens with zero attached hydrogens (tertiary/aromatic N) is 3. The lowest BCUT2D eigenvalue weighted by Crippen LogP contribution is -2.31. The molecule has 1 aromatic carbocycles. The first kappa shape index (κ1) is 18.3. The Morgan fingerprint density at radius 2 is 2.08 bits per heavy atom. The van der Waals surface area contributed by atoms with Crippen molar-refractivity contribution in [2.24, 2.45) is 5.73 Å². The summed E-state index contributed by atoms with van der Waals surface area (Å²) < 4.78 is 7.24. The van der Waals surface area contributed by atoms with Gasteiger partial charge >= 0.3 is 0 Å². The highest BCUT2D eigenvalue weighted by Crippen LogP contribution is 2.36. The summed E-state index contributed by atoms with van der Waals surface area (Å²) in [4.78, 5) is 16.7. The molecule has 1 unspecified atom stereocenters. The Kier molecular flexibility index (Phi) is 5.51. The minimum atomic E-state index is -0.474. The van der Waals surface area contributed by atoms with Crippen LogP contribution in [0.25, 0.3) is 0 Å². The molecule has 0 saturated carbocycles. The number of allylic oxidation sites excluding steroid dienone is 1. The maximum atomic E-state index is 12.1. The van der Waals surface area contributed by atoms with E-state index in [1.54, 1.807) is 16.4 Å². The second-order valence-corrected chi connectivity index (χ2v) is 7.01. The van der Waals surface area contributed by atoms with E-state index in [0.29, 0.717) is 29.0 Å². The van der Waals surface area contributed by atoms with Crippen LogP contribution in [0.1, 0.15) is 38.8 Å². The van der Waals surface area contributed by atoms with E-state index in [-0.39, 0.29) is 0 Å². The van der Waals surface area contributed by atoms with Crippen molar-refractivity contribution >= 4 is 23.6 Å². The molecule has 2 heterocycles. The summed E-state index contributed by atoms with van der Waals surface area (Å²) in [7, 11) is 0. The zero-order valence-corrected chi connectivity index (χ0v) is 16.0. The lowest BCUT2D eigenvalue weighted by atomic mass is 9.95. The number of ether oxygens (including phenoxy) is 1. The number of nitrogens with one attached hydrogen (secondary N) is 1. The maximum Gasteiger partial charge on any atom is 0.248 e.